The van der Waals surface area contributed by atoms with E-state index >= 15 is 0 Å². The molecule has 346 valence electrons. The summed E-state index contributed by atoms with van der Waals surface area (Å²) < 4.78 is 43.8. The van der Waals surface area contributed by atoms with Gasteiger partial charge in [-0.2, -0.15) is 0 Å². The number of carbonyl (C=O) groups is 5. The van der Waals surface area contributed by atoms with Crippen molar-refractivity contribution in [2.45, 2.75) is 122 Å². The summed E-state index contributed by atoms with van der Waals surface area (Å²) >= 11 is 0. The molecule has 0 spiro atoms. The molecule has 1 saturated heterocycles. The van der Waals surface area contributed by atoms with E-state index in [4.69, 9.17) is 23.7 Å². The fraction of sp³-hybridized carbons (Fsp3) is 0.500. The molecule has 1 fully saturated rings. The first-order valence-electron chi connectivity index (χ1n) is 21.7. The average Bonchev–Trinajstić information content (AvgIpc) is 3.91. The minimum Gasteiger partial charge on any atom is -0.462 e. The molecule has 2 aromatic heterocycles. The number of fused-ring (bicyclic) bond motifs is 13. The third-order valence-corrected chi connectivity index (χ3v) is 11.8. The van der Waals surface area contributed by atoms with E-state index in [9.17, 15) is 25.3 Å². The third kappa shape index (κ3) is 8.52. The van der Waals surface area contributed by atoms with Crippen molar-refractivity contribution in [2.24, 2.45) is 0 Å². The van der Waals surface area contributed by atoms with Gasteiger partial charge in [0.05, 0.1) is 35.4 Å². The number of rotatable bonds is 13. The van der Waals surface area contributed by atoms with E-state index < -0.39 is 65.4 Å². The molecule has 16 nitrogen and oxygen atoms in total. The molecule has 3 aromatic carbocycles. The Labute approximate surface area is 384 Å². The maximum atomic E-state index is 13.6. The first kappa shape index (κ1) is 46.7. The highest BCUT2D eigenvalue weighted by Gasteiger charge is 2.63. The summed E-state index contributed by atoms with van der Waals surface area (Å²) in [6.45, 7) is 11.2. The van der Waals surface area contributed by atoms with Crippen LogP contribution >= 0.6 is 24.8 Å². The Bertz CT molecular complexity index is 2690. The summed E-state index contributed by atoms with van der Waals surface area (Å²) in [5.74, 6) is -1.42. The van der Waals surface area contributed by atoms with Gasteiger partial charge in [-0.15, -0.1) is 24.8 Å². The van der Waals surface area contributed by atoms with Gasteiger partial charge in [0.2, 0.25) is 5.91 Å². The molecule has 4 amide bonds. The number of nitrogens with one attached hydrogen (secondary N) is 4. The van der Waals surface area contributed by atoms with E-state index in [-0.39, 0.29) is 56.5 Å². The molecule has 5 aromatic rings. The standard InChI is InChI=1S/C46H56N6O10.2ClH/c1-43(2,3)61-41(56)48-21-14-13-17-29(50-42(57)62-44(4,5)6)39(54)47-22-20-33(53)59-25-46(58-8)23-32-51-30-18-11-9-15-26(30)35-36-28(24-49-40(36)55)34-27-16-10-12-19-31(27)52(38(34)37(35)51)45(46,7)60-32;;/h9-12,15-16,18-19,29,32H,13-14,17,20-25H2,1-8H3,(H,47,54)(H,48,56)(H,49,55)(H,50,57);2*1H/t29-,32+,45-,46-;;/m0../s1/i25T;;/t25?,29-,32+,45-,46-;;. The Kier molecular flexibility index (Phi) is 13.1. The van der Waals surface area contributed by atoms with Crippen molar-refractivity contribution in [2.75, 3.05) is 26.8 Å². The number of benzene rings is 3. The van der Waals surface area contributed by atoms with Crippen LogP contribution < -0.4 is 21.3 Å². The second kappa shape index (κ2) is 17.9. The van der Waals surface area contributed by atoms with E-state index in [0.717, 1.165) is 49.2 Å². The van der Waals surface area contributed by atoms with E-state index in [1.165, 1.54) is 7.11 Å². The van der Waals surface area contributed by atoms with Gasteiger partial charge in [0.15, 0.2) is 11.3 Å². The Balaban J connectivity index is 0.00000350. The highest BCUT2D eigenvalue weighted by Crippen LogP contribution is 2.58. The first-order chi connectivity index (χ1) is 29.8. The molecule has 0 radical (unpaired) electrons. The van der Waals surface area contributed by atoms with E-state index in [0.29, 0.717) is 31.5 Å². The van der Waals surface area contributed by atoms with Crippen LogP contribution in [0.2, 0.25) is 0 Å². The third-order valence-electron chi connectivity index (χ3n) is 11.8. The molecule has 0 saturated carbocycles. The van der Waals surface area contributed by atoms with Crippen LogP contribution in [0.4, 0.5) is 9.59 Å². The van der Waals surface area contributed by atoms with Gasteiger partial charge < -0.3 is 54.1 Å². The van der Waals surface area contributed by atoms with Crippen molar-refractivity contribution >= 4 is 98.4 Å². The van der Waals surface area contributed by atoms with Crippen molar-refractivity contribution in [3.63, 3.8) is 0 Å². The number of para-hydroxylation sites is 2. The Morgan fingerprint density at radius 3 is 2.20 bits per heavy atom. The zero-order valence-corrected chi connectivity index (χ0v) is 38.9. The molecule has 3 aliphatic rings. The van der Waals surface area contributed by atoms with Crippen LogP contribution in [-0.2, 0) is 45.5 Å². The Hall–Kier alpha value is -5.29. The summed E-state index contributed by atoms with van der Waals surface area (Å²) in [5.41, 5.74) is 0.477. The van der Waals surface area contributed by atoms with Crippen LogP contribution in [-0.4, -0.2) is 88.7 Å². The number of amides is 4. The summed E-state index contributed by atoms with van der Waals surface area (Å²) in [7, 11) is 1.49. The smallest absolute Gasteiger partial charge is 0.408 e. The van der Waals surface area contributed by atoms with Gasteiger partial charge in [-0.05, 0) is 85.4 Å². The maximum Gasteiger partial charge on any atom is 0.408 e. The van der Waals surface area contributed by atoms with Crippen LogP contribution in [0.15, 0.2) is 48.5 Å². The normalized spacial score (nSPS) is 21.0. The van der Waals surface area contributed by atoms with Crippen LogP contribution in [0.1, 0.15) is 104 Å². The molecule has 2 bridgehead atoms. The number of halogens is 2. The first-order valence-corrected chi connectivity index (χ1v) is 21.2. The van der Waals surface area contributed by atoms with Crippen molar-refractivity contribution in [1.29, 1.82) is 0 Å². The number of hydrogen-bond donors (Lipinski definition) is 4. The topological polar surface area (TPSA) is 189 Å². The number of carbonyl (C=O) groups excluding carboxylic acids is 5. The number of methoxy groups -OCH3 is 1. The molecule has 0 aliphatic carbocycles. The fourth-order valence-corrected chi connectivity index (χ4v) is 9.27. The van der Waals surface area contributed by atoms with Gasteiger partial charge in [0, 0.05) is 54.7 Å². The number of hydrogen-bond acceptors (Lipinski definition) is 10. The van der Waals surface area contributed by atoms with E-state index in [1.807, 2.05) is 55.5 Å². The molecule has 5 heterocycles. The van der Waals surface area contributed by atoms with Gasteiger partial charge in [-0.25, -0.2) is 9.59 Å². The molecule has 1 unspecified atom stereocenters. The highest BCUT2D eigenvalue weighted by molar-refractivity contribution is 6.31. The lowest BCUT2D eigenvalue weighted by Gasteiger charge is -2.42. The molecule has 4 N–H and O–H groups in total. The quantitative estimate of drug-likeness (QED) is 0.0520. The van der Waals surface area contributed by atoms with Crippen LogP contribution in [0, 0.1) is 0 Å². The second-order valence-corrected chi connectivity index (χ2v) is 18.3. The largest absolute Gasteiger partial charge is 0.462 e. The van der Waals surface area contributed by atoms with E-state index in [1.54, 1.807) is 41.5 Å². The predicted octanol–water partition coefficient (Wildman–Crippen LogP) is 7.62. The SMILES string of the molecule is Cl.Cl.[3H]C(OC(=O)CCNC(=O)[C@H](CCCCNC(=O)OC(C)(C)C)NC(=O)OC(C)(C)C)[C@@]1(OC)C[C@H]2O[C@]1(C)n1c3ccccc3c3c4c(c5c6ccccc6n2c5c31)C(=O)NC4. The number of unbranched alkanes of at least 4 members (excludes halogenated alkanes) is 1. The van der Waals surface area contributed by atoms with Gasteiger partial charge >= 0.3 is 18.2 Å². The molecule has 18 heteroatoms. The molecular formula is C46H58Cl2N6O10. The minimum absolute atomic E-state index is 0. The lowest BCUT2D eigenvalue weighted by molar-refractivity contribution is -0.208. The zero-order chi connectivity index (χ0) is 45.2. The molecule has 8 rings (SSSR count). The number of nitrogens with zero attached hydrogens (tertiary/aromatic N) is 2. The van der Waals surface area contributed by atoms with Crippen molar-refractivity contribution in [1.82, 2.24) is 30.4 Å². The number of esters is 1. The average molecular weight is 928 g/mol. The molecule has 3 aliphatic heterocycles. The van der Waals surface area contributed by atoms with Crippen LogP contribution in [0.5, 0.6) is 0 Å². The second-order valence-electron chi connectivity index (χ2n) is 18.3. The lowest BCUT2D eigenvalue weighted by atomic mass is 9.89. The number of alkyl carbamates (subject to hydrolysis) is 2. The summed E-state index contributed by atoms with van der Waals surface area (Å²) in [6.07, 6.45) is -0.989. The van der Waals surface area contributed by atoms with Crippen LogP contribution in [0.3, 0.4) is 0 Å². The number of ether oxygens (including phenoxy) is 5. The summed E-state index contributed by atoms with van der Waals surface area (Å²) in [5, 5.41) is 14.7. The molecule has 5 atom stereocenters. The van der Waals surface area contributed by atoms with Crippen molar-refractivity contribution in [3.8, 4) is 0 Å². The summed E-state index contributed by atoms with van der Waals surface area (Å²) in [4.78, 5) is 65.5. The predicted molar refractivity (Wildman–Crippen MR) is 246 cm³/mol. The van der Waals surface area contributed by atoms with Gasteiger partial charge in [0.25, 0.3) is 5.91 Å². The highest BCUT2D eigenvalue weighted by atomic mass is 35.5. The lowest BCUT2D eigenvalue weighted by Crippen LogP contribution is -2.55. The fourth-order valence-electron chi connectivity index (χ4n) is 9.27. The van der Waals surface area contributed by atoms with Gasteiger partial charge in [0.1, 0.15) is 30.1 Å². The maximum absolute atomic E-state index is 13.6. The number of aromatic nitrogens is 2. The van der Waals surface area contributed by atoms with Gasteiger partial charge in [-0.3, -0.25) is 14.4 Å². The van der Waals surface area contributed by atoms with Gasteiger partial charge in [-0.1, -0.05) is 36.4 Å². The van der Waals surface area contributed by atoms with Crippen molar-refractivity contribution < 1.29 is 49.0 Å². The Morgan fingerprint density at radius 1 is 0.891 bits per heavy atom. The monoisotopic (exact) mass is 926 g/mol. The molecular weight excluding hydrogens is 867 g/mol. The zero-order valence-electron chi connectivity index (χ0n) is 38.3. The van der Waals surface area contributed by atoms with Crippen molar-refractivity contribution in [3.05, 3.63) is 59.7 Å². The summed E-state index contributed by atoms with van der Waals surface area (Å²) in [6, 6.07) is 14.8. The van der Waals surface area contributed by atoms with E-state index in [2.05, 4.69) is 30.4 Å². The minimum atomic E-state index is -1.59. The molecule has 64 heavy (non-hydrogen) atoms. The van der Waals surface area contributed by atoms with Crippen LogP contribution in [0.25, 0.3) is 43.6 Å². The Morgan fingerprint density at radius 2 is 1.53 bits per heavy atom.